The van der Waals surface area contributed by atoms with Crippen LogP contribution >= 0.6 is 11.3 Å². The van der Waals surface area contributed by atoms with Crippen molar-refractivity contribution in [2.24, 2.45) is 0 Å². The Hall–Kier alpha value is -2.34. The second-order valence-electron chi connectivity index (χ2n) is 6.85. The van der Waals surface area contributed by atoms with Crippen LogP contribution in [-0.4, -0.2) is 23.0 Å². The summed E-state index contributed by atoms with van der Waals surface area (Å²) < 4.78 is 5.90. The minimum atomic E-state index is -0.166. The van der Waals surface area contributed by atoms with Crippen LogP contribution < -0.4 is 5.32 Å². The number of hydrogen-bond donors (Lipinski definition) is 1. The zero-order chi connectivity index (χ0) is 18.1. The van der Waals surface area contributed by atoms with Gasteiger partial charge in [0.05, 0.1) is 11.7 Å². The zero-order valence-electron chi connectivity index (χ0n) is 15.1. The van der Waals surface area contributed by atoms with Crippen molar-refractivity contribution >= 4 is 33.5 Å². The molecule has 136 valence electrons. The molecule has 2 amide bonds. The molecule has 1 atom stereocenters. The van der Waals surface area contributed by atoms with E-state index in [0.717, 1.165) is 35.3 Å². The number of urea groups is 1. The first-order valence-corrected chi connectivity index (χ1v) is 9.94. The number of hydrogen-bond acceptors (Lipinski definition) is 4. The van der Waals surface area contributed by atoms with E-state index in [4.69, 9.17) is 4.42 Å². The molecule has 0 fully saturated rings. The van der Waals surface area contributed by atoms with Crippen LogP contribution in [-0.2, 0) is 12.8 Å². The van der Waals surface area contributed by atoms with Crippen molar-refractivity contribution in [3.05, 3.63) is 46.7 Å². The minimum Gasteiger partial charge on any atom is -0.459 e. The highest BCUT2D eigenvalue weighted by atomic mass is 32.1. The smallest absolute Gasteiger partial charge is 0.324 e. The molecule has 2 aromatic heterocycles. The van der Waals surface area contributed by atoms with Crippen LogP contribution in [0.2, 0.25) is 0 Å². The van der Waals surface area contributed by atoms with Gasteiger partial charge in [-0.05, 0) is 44.7 Å². The van der Waals surface area contributed by atoms with Gasteiger partial charge in [0.2, 0.25) is 0 Å². The summed E-state index contributed by atoms with van der Waals surface area (Å²) in [7, 11) is 1.78. The lowest BCUT2D eigenvalue weighted by molar-refractivity contribution is 0.201. The predicted molar refractivity (Wildman–Crippen MR) is 105 cm³/mol. The number of nitrogens with zero attached hydrogens (tertiary/aromatic N) is 2. The number of rotatable bonds is 3. The molecule has 4 rings (SSSR count). The number of carbonyl (C=O) groups excluding carboxylic acids is 1. The maximum absolute atomic E-state index is 12.7. The monoisotopic (exact) mass is 369 g/mol. The number of anilines is 1. The lowest BCUT2D eigenvalue weighted by Gasteiger charge is -2.22. The Balaban J connectivity index is 1.47. The van der Waals surface area contributed by atoms with E-state index in [1.807, 2.05) is 37.3 Å². The van der Waals surface area contributed by atoms with Crippen LogP contribution in [0, 0.1) is 0 Å². The Morgan fingerprint density at radius 2 is 2.08 bits per heavy atom. The van der Waals surface area contributed by atoms with Gasteiger partial charge in [-0.2, -0.15) is 0 Å². The molecule has 1 N–H and O–H groups in total. The standard InChI is InChI=1S/C20H23N3O2S/c1-13(17-12-14-8-6-7-10-16(14)25-17)23(2)20(24)22-19-21-15-9-4-3-5-11-18(15)26-19/h6-8,10,12-13H,3-5,9,11H2,1-2H3,(H,21,22,24). The van der Waals surface area contributed by atoms with Crippen LogP contribution in [0.5, 0.6) is 0 Å². The van der Waals surface area contributed by atoms with Gasteiger partial charge in [-0.3, -0.25) is 5.32 Å². The first-order valence-electron chi connectivity index (χ1n) is 9.12. The van der Waals surface area contributed by atoms with Crippen molar-refractivity contribution in [1.82, 2.24) is 9.88 Å². The normalized spacial score (nSPS) is 15.3. The van der Waals surface area contributed by atoms with Crippen molar-refractivity contribution in [2.45, 2.75) is 45.1 Å². The average Bonchev–Trinajstić information content (AvgIpc) is 3.18. The Morgan fingerprint density at radius 1 is 1.27 bits per heavy atom. The quantitative estimate of drug-likeness (QED) is 0.630. The molecule has 3 aromatic rings. The number of thiazole rings is 1. The van der Waals surface area contributed by atoms with E-state index in [9.17, 15) is 4.79 Å². The number of nitrogens with one attached hydrogen (secondary N) is 1. The molecule has 0 spiro atoms. The van der Waals surface area contributed by atoms with E-state index in [1.165, 1.54) is 24.1 Å². The molecule has 5 nitrogen and oxygen atoms in total. The Kier molecular flexibility index (Phi) is 4.68. The molecule has 1 aromatic carbocycles. The summed E-state index contributed by atoms with van der Waals surface area (Å²) in [5.74, 6) is 0.777. The van der Waals surface area contributed by atoms with E-state index in [1.54, 1.807) is 23.3 Å². The highest BCUT2D eigenvalue weighted by Gasteiger charge is 2.22. The van der Waals surface area contributed by atoms with Gasteiger partial charge in [0.25, 0.3) is 0 Å². The van der Waals surface area contributed by atoms with Crippen molar-refractivity contribution in [2.75, 3.05) is 12.4 Å². The third-order valence-electron chi connectivity index (χ3n) is 5.07. The molecular weight excluding hydrogens is 346 g/mol. The fourth-order valence-corrected chi connectivity index (χ4v) is 4.38. The van der Waals surface area contributed by atoms with E-state index in [-0.39, 0.29) is 12.1 Å². The number of aryl methyl sites for hydroxylation is 2. The van der Waals surface area contributed by atoms with Gasteiger partial charge in [0.15, 0.2) is 5.13 Å². The fraction of sp³-hybridized carbons (Fsp3) is 0.400. The molecule has 2 heterocycles. The average molecular weight is 369 g/mol. The van der Waals surface area contributed by atoms with Gasteiger partial charge in [0.1, 0.15) is 11.3 Å². The molecule has 6 heteroatoms. The SMILES string of the molecule is CC(c1cc2ccccc2o1)N(C)C(=O)Nc1nc2c(s1)CCCCC2. The van der Waals surface area contributed by atoms with Crippen LogP contribution in [0.3, 0.4) is 0 Å². The largest absolute Gasteiger partial charge is 0.459 e. The lowest BCUT2D eigenvalue weighted by Crippen LogP contribution is -2.33. The van der Waals surface area contributed by atoms with Gasteiger partial charge in [-0.15, -0.1) is 11.3 Å². The first-order chi connectivity index (χ1) is 12.6. The maximum Gasteiger partial charge on any atom is 0.324 e. The molecule has 1 aliphatic rings. The molecule has 1 unspecified atom stereocenters. The number of aromatic nitrogens is 1. The number of furan rings is 1. The van der Waals surface area contributed by atoms with E-state index >= 15 is 0 Å². The summed E-state index contributed by atoms with van der Waals surface area (Å²) in [4.78, 5) is 20.3. The Morgan fingerprint density at radius 3 is 2.92 bits per heavy atom. The minimum absolute atomic E-state index is 0.165. The van der Waals surface area contributed by atoms with Crippen molar-refractivity contribution < 1.29 is 9.21 Å². The number of para-hydroxylation sites is 1. The second-order valence-corrected chi connectivity index (χ2v) is 7.94. The molecule has 0 bridgehead atoms. The zero-order valence-corrected chi connectivity index (χ0v) is 15.9. The lowest BCUT2D eigenvalue weighted by atomic mass is 10.2. The maximum atomic E-state index is 12.7. The third-order valence-corrected chi connectivity index (χ3v) is 6.14. The molecule has 0 saturated carbocycles. The van der Waals surface area contributed by atoms with Gasteiger partial charge in [-0.25, -0.2) is 9.78 Å². The summed E-state index contributed by atoms with van der Waals surface area (Å²) in [6, 6.07) is 9.54. The first kappa shape index (κ1) is 17.1. The molecule has 0 saturated heterocycles. The summed E-state index contributed by atoms with van der Waals surface area (Å²) in [6.07, 6.45) is 5.77. The van der Waals surface area contributed by atoms with Gasteiger partial charge >= 0.3 is 6.03 Å². The summed E-state index contributed by atoms with van der Waals surface area (Å²) in [5.41, 5.74) is 2.00. The van der Waals surface area contributed by atoms with E-state index in [2.05, 4.69) is 10.3 Å². The predicted octanol–water partition coefficient (Wildman–Crippen LogP) is 5.38. The Labute approximate surface area is 157 Å². The topological polar surface area (TPSA) is 58.4 Å². The van der Waals surface area contributed by atoms with E-state index in [0.29, 0.717) is 5.13 Å². The van der Waals surface area contributed by atoms with Crippen molar-refractivity contribution in [3.8, 4) is 0 Å². The second kappa shape index (κ2) is 7.11. The van der Waals surface area contributed by atoms with Gasteiger partial charge < -0.3 is 9.32 Å². The molecule has 0 aliphatic heterocycles. The van der Waals surface area contributed by atoms with Gasteiger partial charge in [-0.1, -0.05) is 24.6 Å². The highest BCUT2D eigenvalue weighted by Crippen LogP contribution is 2.30. The van der Waals surface area contributed by atoms with E-state index < -0.39 is 0 Å². The summed E-state index contributed by atoms with van der Waals surface area (Å²) >= 11 is 1.61. The van der Waals surface area contributed by atoms with Gasteiger partial charge in [0, 0.05) is 17.3 Å². The summed E-state index contributed by atoms with van der Waals surface area (Å²) in [5, 5.41) is 4.70. The molecular formula is C20H23N3O2S. The number of benzene rings is 1. The van der Waals surface area contributed by atoms with Crippen LogP contribution in [0.25, 0.3) is 11.0 Å². The number of carbonyl (C=O) groups is 1. The van der Waals surface area contributed by atoms with Crippen LogP contribution in [0.1, 0.15) is 48.6 Å². The van der Waals surface area contributed by atoms with Crippen molar-refractivity contribution in [3.63, 3.8) is 0 Å². The Bertz CT molecular complexity index is 874. The molecule has 1 aliphatic carbocycles. The van der Waals surface area contributed by atoms with Crippen molar-refractivity contribution in [1.29, 1.82) is 0 Å². The third kappa shape index (κ3) is 3.33. The summed E-state index contributed by atoms with van der Waals surface area (Å²) in [6.45, 7) is 1.97. The van der Waals surface area contributed by atoms with Crippen LogP contribution in [0.4, 0.5) is 9.93 Å². The molecule has 0 radical (unpaired) electrons. The number of amides is 2. The molecule has 26 heavy (non-hydrogen) atoms. The fourth-order valence-electron chi connectivity index (χ4n) is 3.34. The van der Waals surface area contributed by atoms with Crippen LogP contribution in [0.15, 0.2) is 34.7 Å². The number of fused-ring (bicyclic) bond motifs is 2. The highest BCUT2D eigenvalue weighted by molar-refractivity contribution is 7.15.